The average Bonchev–Trinajstić information content (AvgIpc) is 2.83. The number of pyridine rings is 1. The number of nitrogens with zero attached hydrogens (tertiary/aromatic N) is 2. The number of thioether (sulfide) groups is 1. The van der Waals surface area contributed by atoms with Crippen LogP contribution in [0.3, 0.4) is 0 Å². The molecule has 5 heteroatoms. The van der Waals surface area contributed by atoms with Gasteiger partial charge in [-0.15, -0.1) is 11.3 Å². The number of thiazole rings is 1. The third-order valence-electron chi connectivity index (χ3n) is 2.68. The number of aromatic nitrogens is 2. The Balaban J connectivity index is 1.85. The summed E-state index contributed by atoms with van der Waals surface area (Å²) in [6.07, 6.45) is 1.82. The highest BCUT2D eigenvalue weighted by Gasteiger charge is 2.12. The quantitative estimate of drug-likeness (QED) is 0.567. The second-order valence-electron chi connectivity index (χ2n) is 5.72. The van der Waals surface area contributed by atoms with Gasteiger partial charge >= 0.3 is 0 Å². The van der Waals surface area contributed by atoms with Gasteiger partial charge in [-0.2, -0.15) is 11.8 Å². The minimum Gasteiger partial charge on any atom is -0.254 e. The first-order valence-corrected chi connectivity index (χ1v) is 12.2. The molecule has 0 spiro atoms. The highest BCUT2D eigenvalue weighted by atomic mass is 32.2. The molecule has 102 valence electrons. The van der Waals surface area contributed by atoms with Crippen molar-refractivity contribution in [2.24, 2.45) is 0 Å². The molecule has 2 heterocycles. The monoisotopic (exact) mass is 308 g/mol. The molecule has 0 N–H and O–H groups in total. The Hall–Kier alpha value is -0.653. The van der Waals surface area contributed by atoms with E-state index >= 15 is 0 Å². The van der Waals surface area contributed by atoms with Gasteiger partial charge in [0.1, 0.15) is 5.01 Å². The first-order valence-electron chi connectivity index (χ1n) is 6.48. The summed E-state index contributed by atoms with van der Waals surface area (Å²) in [6.45, 7) is 7.28. The molecule has 19 heavy (non-hydrogen) atoms. The fourth-order valence-electron chi connectivity index (χ4n) is 1.54. The lowest BCUT2D eigenvalue weighted by atomic mass is 10.4. The van der Waals surface area contributed by atoms with Crippen LogP contribution in [0.15, 0.2) is 29.8 Å². The summed E-state index contributed by atoms with van der Waals surface area (Å²) < 4.78 is 0. The largest absolute Gasteiger partial charge is 0.254 e. The van der Waals surface area contributed by atoms with Crippen LogP contribution in [0.2, 0.25) is 25.7 Å². The van der Waals surface area contributed by atoms with Crippen LogP contribution in [-0.4, -0.2) is 23.8 Å². The van der Waals surface area contributed by atoms with Crippen molar-refractivity contribution in [3.8, 4) is 10.7 Å². The van der Waals surface area contributed by atoms with E-state index in [1.165, 1.54) is 17.5 Å². The number of rotatable bonds is 6. The number of hydrogen-bond donors (Lipinski definition) is 0. The fourth-order valence-corrected chi connectivity index (χ4v) is 5.96. The van der Waals surface area contributed by atoms with E-state index in [2.05, 4.69) is 35.0 Å². The summed E-state index contributed by atoms with van der Waals surface area (Å²) in [5.74, 6) is 2.28. The molecule has 0 fully saturated rings. The maximum atomic E-state index is 4.66. The minimum atomic E-state index is -0.891. The van der Waals surface area contributed by atoms with Crippen molar-refractivity contribution in [1.82, 2.24) is 9.97 Å². The Morgan fingerprint density at radius 2 is 2.11 bits per heavy atom. The minimum absolute atomic E-state index is 0.891. The Morgan fingerprint density at radius 1 is 1.26 bits per heavy atom. The zero-order valence-corrected chi connectivity index (χ0v) is 14.4. The van der Waals surface area contributed by atoms with E-state index in [4.69, 9.17) is 0 Å². The summed E-state index contributed by atoms with van der Waals surface area (Å²) in [5, 5.41) is 3.19. The van der Waals surface area contributed by atoms with Gasteiger partial charge in [-0.25, -0.2) is 4.98 Å². The van der Waals surface area contributed by atoms with Gasteiger partial charge in [0.05, 0.1) is 11.4 Å². The van der Waals surface area contributed by atoms with Crippen LogP contribution in [0.4, 0.5) is 0 Å². The van der Waals surface area contributed by atoms with Gasteiger partial charge in [0.2, 0.25) is 0 Å². The molecule has 0 aliphatic carbocycles. The second-order valence-corrected chi connectivity index (χ2v) is 13.3. The topological polar surface area (TPSA) is 25.8 Å². The molecule has 2 rings (SSSR count). The average molecular weight is 309 g/mol. The standard InChI is InChI=1S/C14H20N2S2Si/c1-19(2,3)9-8-17-10-12-11-18-14(16-12)13-6-4-5-7-15-13/h4-7,11H,8-10H2,1-3H3. The summed E-state index contributed by atoms with van der Waals surface area (Å²) in [5.41, 5.74) is 2.16. The van der Waals surface area contributed by atoms with E-state index in [9.17, 15) is 0 Å². The smallest absolute Gasteiger partial charge is 0.142 e. The lowest BCUT2D eigenvalue weighted by molar-refractivity contribution is 1.21. The van der Waals surface area contributed by atoms with Crippen LogP contribution in [0.25, 0.3) is 10.7 Å². The van der Waals surface area contributed by atoms with Crippen molar-refractivity contribution in [3.05, 3.63) is 35.5 Å². The first-order chi connectivity index (χ1) is 9.04. The molecule has 2 aromatic heterocycles. The van der Waals surface area contributed by atoms with Gasteiger partial charge < -0.3 is 0 Å². The van der Waals surface area contributed by atoms with Crippen LogP contribution in [-0.2, 0) is 5.75 Å². The Labute approximate surface area is 124 Å². The first kappa shape index (κ1) is 14.7. The zero-order chi connectivity index (χ0) is 13.7. The molecule has 0 unspecified atom stereocenters. The molecule has 2 nitrogen and oxygen atoms in total. The van der Waals surface area contributed by atoms with Crippen LogP contribution in [0.1, 0.15) is 5.69 Å². The molecule has 2 aromatic rings. The van der Waals surface area contributed by atoms with E-state index in [0.29, 0.717) is 0 Å². The molecule has 0 saturated heterocycles. The van der Waals surface area contributed by atoms with E-state index in [1.54, 1.807) is 11.3 Å². The molecule has 0 aliphatic heterocycles. The van der Waals surface area contributed by atoms with Crippen molar-refractivity contribution in [2.75, 3.05) is 5.75 Å². The van der Waals surface area contributed by atoms with Crippen LogP contribution < -0.4 is 0 Å². The molecule has 0 bridgehead atoms. The maximum Gasteiger partial charge on any atom is 0.142 e. The van der Waals surface area contributed by atoms with Crippen LogP contribution in [0.5, 0.6) is 0 Å². The molecular formula is C14H20N2S2Si. The molecule has 0 aliphatic rings. The molecule has 0 atom stereocenters. The third kappa shape index (κ3) is 5.08. The van der Waals surface area contributed by atoms with Gasteiger partial charge in [-0.1, -0.05) is 25.7 Å². The zero-order valence-electron chi connectivity index (χ0n) is 11.7. The van der Waals surface area contributed by atoms with Crippen molar-refractivity contribution >= 4 is 31.2 Å². The van der Waals surface area contributed by atoms with Crippen molar-refractivity contribution in [3.63, 3.8) is 0 Å². The Morgan fingerprint density at radius 3 is 2.79 bits per heavy atom. The maximum absolute atomic E-state index is 4.66. The fraction of sp³-hybridized carbons (Fsp3) is 0.429. The van der Waals surface area contributed by atoms with Crippen LogP contribution >= 0.6 is 23.1 Å². The lowest BCUT2D eigenvalue weighted by Gasteiger charge is -2.14. The van der Waals surface area contributed by atoms with Gasteiger partial charge in [0.25, 0.3) is 0 Å². The van der Waals surface area contributed by atoms with Crippen molar-refractivity contribution < 1.29 is 0 Å². The summed E-state index contributed by atoms with van der Waals surface area (Å²) in [6, 6.07) is 7.34. The summed E-state index contributed by atoms with van der Waals surface area (Å²) >= 11 is 3.69. The SMILES string of the molecule is C[Si](C)(C)CCSCc1csc(-c2ccccn2)n1. The predicted molar refractivity (Wildman–Crippen MR) is 89.7 cm³/mol. The third-order valence-corrected chi connectivity index (χ3v) is 6.70. The van der Waals surface area contributed by atoms with Crippen molar-refractivity contribution in [2.45, 2.75) is 31.4 Å². The van der Waals surface area contributed by atoms with Gasteiger partial charge in [-0.3, -0.25) is 4.98 Å². The van der Waals surface area contributed by atoms with E-state index in [-0.39, 0.29) is 0 Å². The lowest BCUT2D eigenvalue weighted by Crippen LogP contribution is -2.19. The van der Waals surface area contributed by atoms with Gasteiger partial charge in [0, 0.05) is 25.4 Å². The molecule has 0 saturated carbocycles. The highest BCUT2D eigenvalue weighted by Crippen LogP contribution is 2.24. The molecule has 0 radical (unpaired) electrons. The Bertz CT molecular complexity index is 506. The van der Waals surface area contributed by atoms with Crippen molar-refractivity contribution in [1.29, 1.82) is 0 Å². The van der Waals surface area contributed by atoms with E-state index in [0.717, 1.165) is 16.5 Å². The molecule has 0 aromatic carbocycles. The van der Waals surface area contributed by atoms with Gasteiger partial charge in [-0.05, 0) is 23.9 Å². The normalized spacial score (nSPS) is 11.7. The van der Waals surface area contributed by atoms with Crippen LogP contribution in [0, 0.1) is 0 Å². The van der Waals surface area contributed by atoms with Gasteiger partial charge in [0.15, 0.2) is 0 Å². The Kier molecular flexibility index (Phi) is 5.18. The summed E-state index contributed by atoms with van der Waals surface area (Å²) in [4.78, 5) is 9.00. The highest BCUT2D eigenvalue weighted by molar-refractivity contribution is 7.98. The molecule has 0 amide bonds. The van der Waals surface area contributed by atoms with E-state index in [1.807, 2.05) is 36.2 Å². The summed E-state index contributed by atoms with van der Waals surface area (Å²) in [7, 11) is -0.891. The van der Waals surface area contributed by atoms with E-state index < -0.39 is 8.07 Å². The molecular weight excluding hydrogens is 288 g/mol. The predicted octanol–water partition coefficient (Wildman–Crippen LogP) is 4.78. The second kappa shape index (κ2) is 6.68. The number of hydrogen-bond acceptors (Lipinski definition) is 4.